The van der Waals surface area contributed by atoms with E-state index in [4.69, 9.17) is 0 Å². The zero-order valence-electron chi connectivity index (χ0n) is 27.4. The Morgan fingerprint density at radius 3 is 1.26 bits per heavy atom. The first-order chi connectivity index (χ1) is 24.8. The molecule has 0 aliphatic carbocycles. The first kappa shape index (κ1) is 28.4. The van der Waals surface area contributed by atoms with Crippen LogP contribution >= 0.6 is 0 Å². The smallest absolute Gasteiger partial charge is 0.0547 e. The molecular formula is C48H32N2. The number of rotatable bonds is 5. The number of hydrogen-bond donors (Lipinski definition) is 0. The van der Waals surface area contributed by atoms with Crippen molar-refractivity contribution in [2.75, 3.05) is 0 Å². The normalized spacial score (nSPS) is 11.6. The predicted octanol–water partition coefficient (Wildman–Crippen LogP) is 12.9. The summed E-state index contributed by atoms with van der Waals surface area (Å²) in [6.45, 7) is 0. The van der Waals surface area contributed by atoms with Gasteiger partial charge in [-0.3, -0.25) is 0 Å². The molecule has 234 valence electrons. The summed E-state index contributed by atoms with van der Waals surface area (Å²) in [7, 11) is 0. The largest absolute Gasteiger partial charge is 0.309 e. The van der Waals surface area contributed by atoms with Crippen LogP contribution in [0.25, 0.3) is 88.4 Å². The Morgan fingerprint density at radius 1 is 0.220 bits per heavy atom. The molecule has 0 saturated heterocycles. The van der Waals surface area contributed by atoms with E-state index in [1.165, 1.54) is 77.0 Å². The van der Waals surface area contributed by atoms with E-state index in [0.717, 1.165) is 11.4 Å². The molecular weight excluding hydrogens is 605 g/mol. The Bertz CT molecular complexity index is 2860. The van der Waals surface area contributed by atoms with E-state index in [0.29, 0.717) is 0 Å². The summed E-state index contributed by atoms with van der Waals surface area (Å²) in [5, 5.41) is 5.02. The van der Waals surface area contributed by atoms with Crippen molar-refractivity contribution in [3.8, 4) is 44.8 Å². The van der Waals surface area contributed by atoms with E-state index >= 15 is 0 Å². The lowest BCUT2D eigenvalue weighted by molar-refractivity contribution is 1.18. The lowest BCUT2D eigenvalue weighted by atomic mass is 10.0. The monoisotopic (exact) mass is 636 g/mol. The van der Waals surface area contributed by atoms with Gasteiger partial charge in [-0.15, -0.1) is 0 Å². The average Bonchev–Trinajstić information content (AvgIpc) is 3.71. The van der Waals surface area contributed by atoms with Gasteiger partial charge >= 0.3 is 0 Å². The van der Waals surface area contributed by atoms with Gasteiger partial charge in [0.05, 0.1) is 22.1 Å². The van der Waals surface area contributed by atoms with Crippen LogP contribution in [-0.2, 0) is 0 Å². The second-order valence-corrected chi connectivity index (χ2v) is 13.0. The summed E-state index contributed by atoms with van der Waals surface area (Å²) < 4.78 is 4.83. The number of aromatic nitrogens is 2. The number of hydrogen-bond acceptors (Lipinski definition) is 0. The molecule has 10 aromatic rings. The van der Waals surface area contributed by atoms with Crippen LogP contribution in [0.4, 0.5) is 0 Å². The molecule has 2 aromatic heterocycles. The maximum absolute atomic E-state index is 2.42. The molecule has 0 radical (unpaired) electrons. The third-order valence-electron chi connectivity index (χ3n) is 10.1. The molecule has 0 amide bonds. The van der Waals surface area contributed by atoms with Crippen molar-refractivity contribution in [2.45, 2.75) is 0 Å². The van der Waals surface area contributed by atoms with Crippen LogP contribution in [0.5, 0.6) is 0 Å². The van der Waals surface area contributed by atoms with E-state index in [2.05, 4.69) is 203 Å². The summed E-state index contributed by atoms with van der Waals surface area (Å²) in [4.78, 5) is 0. The molecule has 0 unspecified atom stereocenters. The Hall–Kier alpha value is -6.64. The van der Waals surface area contributed by atoms with E-state index in [1.807, 2.05) is 0 Å². The molecule has 50 heavy (non-hydrogen) atoms. The fourth-order valence-electron chi connectivity index (χ4n) is 7.77. The molecule has 0 fully saturated rings. The fourth-order valence-corrected chi connectivity index (χ4v) is 7.77. The fraction of sp³-hybridized carbons (Fsp3) is 0. The van der Waals surface area contributed by atoms with Crippen LogP contribution in [0.15, 0.2) is 194 Å². The Labute approximate surface area is 290 Å². The van der Waals surface area contributed by atoms with Gasteiger partial charge in [-0.25, -0.2) is 0 Å². The van der Waals surface area contributed by atoms with Crippen molar-refractivity contribution in [1.29, 1.82) is 0 Å². The lowest BCUT2D eigenvalue weighted by Gasteiger charge is -2.12. The summed E-state index contributed by atoms with van der Waals surface area (Å²) in [5.41, 5.74) is 14.4. The maximum atomic E-state index is 2.42. The highest BCUT2D eigenvalue weighted by Crippen LogP contribution is 2.39. The minimum absolute atomic E-state index is 1.16. The molecule has 2 nitrogen and oxygen atoms in total. The molecule has 10 rings (SSSR count). The highest BCUT2D eigenvalue weighted by atomic mass is 15.0. The highest BCUT2D eigenvalue weighted by molar-refractivity contribution is 6.12. The average molecular weight is 637 g/mol. The van der Waals surface area contributed by atoms with Gasteiger partial charge in [0, 0.05) is 32.9 Å². The van der Waals surface area contributed by atoms with Crippen molar-refractivity contribution < 1.29 is 0 Å². The van der Waals surface area contributed by atoms with E-state index in [9.17, 15) is 0 Å². The number of para-hydroxylation sites is 2. The van der Waals surface area contributed by atoms with Gasteiger partial charge in [0.25, 0.3) is 0 Å². The zero-order chi connectivity index (χ0) is 33.0. The van der Waals surface area contributed by atoms with Gasteiger partial charge in [-0.05, 0) is 88.0 Å². The SMILES string of the molecule is c1ccc(-c2cccc(-n3c4ccccc4c4cc(-c5ccc6c7ccccc7n(-c7cccc(-c8ccccc8)c7)c6c5)ccc43)c2)cc1. The van der Waals surface area contributed by atoms with Crippen molar-refractivity contribution >= 4 is 43.6 Å². The molecule has 2 heterocycles. The Morgan fingerprint density at radius 2 is 0.640 bits per heavy atom. The van der Waals surface area contributed by atoms with Gasteiger partial charge < -0.3 is 9.13 Å². The molecule has 0 saturated carbocycles. The summed E-state index contributed by atoms with van der Waals surface area (Å²) in [5.74, 6) is 0. The summed E-state index contributed by atoms with van der Waals surface area (Å²) in [6.07, 6.45) is 0. The first-order valence-corrected chi connectivity index (χ1v) is 17.2. The van der Waals surface area contributed by atoms with E-state index in [-0.39, 0.29) is 0 Å². The number of benzene rings is 8. The second-order valence-electron chi connectivity index (χ2n) is 13.0. The van der Waals surface area contributed by atoms with Gasteiger partial charge in [0.2, 0.25) is 0 Å². The Kier molecular flexibility index (Phi) is 6.53. The summed E-state index contributed by atoms with van der Waals surface area (Å²) >= 11 is 0. The van der Waals surface area contributed by atoms with Gasteiger partial charge in [0.15, 0.2) is 0 Å². The van der Waals surface area contributed by atoms with Crippen molar-refractivity contribution in [3.63, 3.8) is 0 Å². The summed E-state index contributed by atoms with van der Waals surface area (Å²) in [6, 6.07) is 70.4. The maximum Gasteiger partial charge on any atom is 0.0547 e. The van der Waals surface area contributed by atoms with Gasteiger partial charge in [-0.1, -0.05) is 140 Å². The lowest BCUT2D eigenvalue weighted by Crippen LogP contribution is -1.95. The van der Waals surface area contributed by atoms with Crippen molar-refractivity contribution in [3.05, 3.63) is 194 Å². The molecule has 0 atom stereocenters. The number of nitrogens with zero attached hydrogens (tertiary/aromatic N) is 2. The topological polar surface area (TPSA) is 9.86 Å². The van der Waals surface area contributed by atoms with Crippen molar-refractivity contribution in [2.24, 2.45) is 0 Å². The van der Waals surface area contributed by atoms with Crippen molar-refractivity contribution in [1.82, 2.24) is 9.13 Å². The number of fused-ring (bicyclic) bond motifs is 6. The van der Waals surface area contributed by atoms with Crippen LogP contribution in [-0.4, -0.2) is 9.13 Å². The standard InChI is InChI=1S/C48H32N2/c1-3-13-33(14-4-1)35-17-11-19-39(29-35)49-46-24-10-8-22-42(46)44-31-37(26-28-47(44)49)38-25-27-43-41-21-7-9-23-45(41)50(48(43)32-38)40-20-12-18-36(30-40)34-15-5-2-6-16-34/h1-32H. The molecule has 0 spiro atoms. The third-order valence-corrected chi connectivity index (χ3v) is 10.1. The van der Waals surface area contributed by atoms with Crippen LogP contribution in [0.3, 0.4) is 0 Å². The van der Waals surface area contributed by atoms with Gasteiger partial charge in [0.1, 0.15) is 0 Å². The molecule has 2 heteroatoms. The third kappa shape index (κ3) is 4.57. The van der Waals surface area contributed by atoms with E-state index < -0.39 is 0 Å². The quantitative estimate of drug-likeness (QED) is 0.178. The highest BCUT2D eigenvalue weighted by Gasteiger charge is 2.16. The minimum atomic E-state index is 1.16. The van der Waals surface area contributed by atoms with Crippen LogP contribution in [0, 0.1) is 0 Å². The molecule has 0 aliphatic heterocycles. The van der Waals surface area contributed by atoms with Gasteiger partial charge in [-0.2, -0.15) is 0 Å². The molecule has 0 aliphatic rings. The second kappa shape index (κ2) is 11.5. The van der Waals surface area contributed by atoms with E-state index in [1.54, 1.807) is 0 Å². The van der Waals surface area contributed by atoms with Crippen LogP contribution in [0.2, 0.25) is 0 Å². The predicted molar refractivity (Wildman–Crippen MR) is 211 cm³/mol. The minimum Gasteiger partial charge on any atom is -0.309 e. The molecule has 8 aromatic carbocycles. The molecule has 0 bridgehead atoms. The Balaban J connectivity index is 1.14. The van der Waals surface area contributed by atoms with Crippen LogP contribution < -0.4 is 0 Å². The zero-order valence-corrected chi connectivity index (χ0v) is 27.4. The van der Waals surface area contributed by atoms with Crippen LogP contribution in [0.1, 0.15) is 0 Å². The first-order valence-electron chi connectivity index (χ1n) is 17.2. The molecule has 0 N–H and O–H groups in total.